The number of aliphatic carboxylic acids is 1. The van der Waals surface area contributed by atoms with Crippen molar-refractivity contribution in [2.24, 2.45) is 11.8 Å². The SMILES string of the molecule is CCCCCCNC(=O)N1CC2CCCC2C1C(=O)O. The molecule has 20 heavy (non-hydrogen) atoms. The maximum absolute atomic E-state index is 12.2. The van der Waals surface area contributed by atoms with Crippen molar-refractivity contribution in [1.82, 2.24) is 10.2 Å². The molecule has 3 unspecified atom stereocenters. The summed E-state index contributed by atoms with van der Waals surface area (Å²) in [6.45, 7) is 3.42. The summed E-state index contributed by atoms with van der Waals surface area (Å²) in [6, 6.07) is -0.804. The summed E-state index contributed by atoms with van der Waals surface area (Å²) in [4.78, 5) is 25.2. The van der Waals surface area contributed by atoms with Gasteiger partial charge in [0, 0.05) is 13.1 Å². The average Bonchev–Trinajstić information content (AvgIpc) is 2.97. The Hall–Kier alpha value is -1.26. The lowest BCUT2D eigenvalue weighted by Gasteiger charge is -2.24. The fraction of sp³-hybridized carbons (Fsp3) is 0.867. The minimum atomic E-state index is -0.847. The van der Waals surface area contributed by atoms with E-state index in [-0.39, 0.29) is 11.9 Å². The normalized spacial score (nSPS) is 28.4. The molecular weight excluding hydrogens is 256 g/mol. The van der Waals surface area contributed by atoms with Gasteiger partial charge in [-0.25, -0.2) is 9.59 Å². The van der Waals surface area contributed by atoms with Crippen LogP contribution in [0.4, 0.5) is 4.79 Å². The zero-order valence-electron chi connectivity index (χ0n) is 12.3. The van der Waals surface area contributed by atoms with E-state index in [1.807, 2.05) is 0 Å². The lowest BCUT2D eigenvalue weighted by atomic mass is 9.94. The van der Waals surface area contributed by atoms with Gasteiger partial charge in [0.2, 0.25) is 0 Å². The molecule has 0 radical (unpaired) electrons. The fourth-order valence-corrected chi connectivity index (χ4v) is 3.68. The number of fused-ring (bicyclic) bond motifs is 1. The molecule has 0 spiro atoms. The molecule has 2 rings (SSSR count). The molecule has 0 aromatic heterocycles. The minimum Gasteiger partial charge on any atom is -0.480 e. The molecular formula is C15H26N2O3. The second-order valence-corrected chi connectivity index (χ2v) is 6.08. The lowest BCUT2D eigenvalue weighted by Crippen LogP contribution is -2.48. The highest BCUT2D eigenvalue weighted by Gasteiger charge is 2.49. The van der Waals surface area contributed by atoms with E-state index in [4.69, 9.17) is 0 Å². The number of carboxylic acids is 1. The van der Waals surface area contributed by atoms with E-state index in [1.54, 1.807) is 4.90 Å². The molecule has 1 aliphatic heterocycles. The molecule has 5 nitrogen and oxygen atoms in total. The number of rotatable bonds is 6. The lowest BCUT2D eigenvalue weighted by molar-refractivity contribution is -0.142. The van der Waals surface area contributed by atoms with Gasteiger partial charge in [-0.15, -0.1) is 0 Å². The van der Waals surface area contributed by atoms with Crippen LogP contribution in [-0.2, 0) is 4.79 Å². The van der Waals surface area contributed by atoms with E-state index >= 15 is 0 Å². The smallest absolute Gasteiger partial charge is 0.326 e. The number of amides is 2. The van der Waals surface area contributed by atoms with Crippen molar-refractivity contribution >= 4 is 12.0 Å². The van der Waals surface area contributed by atoms with Gasteiger partial charge in [-0.1, -0.05) is 32.6 Å². The molecule has 3 atom stereocenters. The van der Waals surface area contributed by atoms with Crippen LogP contribution in [0.2, 0.25) is 0 Å². The van der Waals surface area contributed by atoms with E-state index < -0.39 is 12.0 Å². The first-order valence-corrected chi connectivity index (χ1v) is 7.92. The second kappa shape index (κ2) is 6.95. The van der Waals surface area contributed by atoms with Gasteiger partial charge in [0.05, 0.1) is 0 Å². The van der Waals surface area contributed by atoms with Gasteiger partial charge >= 0.3 is 12.0 Å². The van der Waals surface area contributed by atoms with Crippen molar-refractivity contribution in [3.63, 3.8) is 0 Å². The summed E-state index contributed by atoms with van der Waals surface area (Å²) in [5, 5.41) is 12.3. The van der Waals surface area contributed by atoms with Crippen LogP contribution in [0.5, 0.6) is 0 Å². The Labute approximate surface area is 120 Å². The quantitative estimate of drug-likeness (QED) is 0.735. The Morgan fingerprint density at radius 3 is 2.75 bits per heavy atom. The molecule has 2 N–H and O–H groups in total. The molecule has 5 heteroatoms. The number of hydrogen-bond acceptors (Lipinski definition) is 2. The van der Waals surface area contributed by atoms with Crippen molar-refractivity contribution in [2.75, 3.05) is 13.1 Å². The number of unbranched alkanes of at least 4 members (excludes halogenated alkanes) is 3. The number of carboxylic acid groups (broad SMARTS) is 1. The molecule has 1 heterocycles. The van der Waals surface area contributed by atoms with Crippen LogP contribution in [0, 0.1) is 11.8 Å². The van der Waals surface area contributed by atoms with Crippen molar-refractivity contribution < 1.29 is 14.7 Å². The second-order valence-electron chi connectivity index (χ2n) is 6.08. The number of carbonyl (C=O) groups is 2. The van der Waals surface area contributed by atoms with E-state index in [2.05, 4.69) is 12.2 Å². The Balaban J connectivity index is 1.84. The van der Waals surface area contributed by atoms with Crippen LogP contribution in [0.15, 0.2) is 0 Å². The number of likely N-dealkylation sites (tertiary alicyclic amines) is 1. The summed E-state index contributed by atoms with van der Waals surface area (Å²) >= 11 is 0. The third-order valence-corrected chi connectivity index (χ3v) is 4.71. The standard InChI is InChI=1S/C15H26N2O3/c1-2-3-4-5-9-16-15(20)17-10-11-7-6-8-12(11)13(17)14(18)19/h11-13H,2-10H2,1H3,(H,16,20)(H,18,19). The number of nitrogens with one attached hydrogen (secondary N) is 1. The van der Waals surface area contributed by atoms with Gasteiger partial charge in [-0.05, 0) is 31.1 Å². The predicted octanol–water partition coefficient (Wildman–Crippen LogP) is 2.46. The maximum Gasteiger partial charge on any atom is 0.326 e. The highest BCUT2D eigenvalue weighted by atomic mass is 16.4. The van der Waals surface area contributed by atoms with Gasteiger partial charge in [-0.2, -0.15) is 0 Å². The number of urea groups is 1. The van der Waals surface area contributed by atoms with Gasteiger partial charge in [0.1, 0.15) is 6.04 Å². The third-order valence-electron chi connectivity index (χ3n) is 4.71. The predicted molar refractivity (Wildman–Crippen MR) is 76.5 cm³/mol. The number of carbonyl (C=O) groups excluding carboxylic acids is 1. The first-order valence-electron chi connectivity index (χ1n) is 7.92. The molecule has 0 aromatic carbocycles. The van der Waals surface area contributed by atoms with E-state index in [0.29, 0.717) is 19.0 Å². The minimum absolute atomic E-state index is 0.165. The third kappa shape index (κ3) is 3.25. The van der Waals surface area contributed by atoms with Crippen molar-refractivity contribution in [3.8, 4) is 0 Å². The monoisotopic (exact) mass is 282 g/mol. The average molecular weight is 282 g/mol. The molecule has 0 bridgehead atoms. The summed E-state index contributed by atoms with van der Waals surface area (Å²) in [6.07, 6.45) is 7.55. The highest BCUT2D eigenvalue weighted by molar-refractivity contribution is 5.83. The largest absolute Gasteiger partial charge is 0.480 e. The van der Waals surface area contributed by atoms with E-state index in [9.17, 15) is 14.7 Å². The summed E-state index contributed by atoms with van der Waals surface area (Å²) in [7, 11) is 0. The van der Waals surface area contributed by atoms with Crippen molar-refractivity contribution in [3.05, 3.63) is 0 Å². The topological polar surface area (TPSA) is 69.6 Å². The highest BCUT2D eigenvalue weighted by Crippen LogP contribution is 2.42. The van der Waals surface area contributed by atoms with Gasteiger partial charge in [0.15, 0.2) is 0 Å². The number of nitrogens with zero attached hydrogens (tertiary/aromatic N) is 1. The summed E-state index contributed by atoms with van der Waals surface area (Å²) < 4.78 is 0. The van der Waals surface area contributed by atoms with Gasteiger partial charge < -0.3 is 15.3 Å². The van der Waals surface area contributed by atoms with Crippen LogP contribution in [0.3, 0.4) is 0 Å². The maximum atomic E-state index is 12.2. The van der Waals surface area contributed by atoms with Gasteiger partial charge in [0.25, 0.3) is 0 Å². The van der Waals surface area contributed by atoms with E-state index in [1.165, 1.54) is 12.8 Å². The van der Waals surface area contributed by atoms with Crippen LogP contribution in [-0.4, -0.2) is 41.1 Å². The van der Waals surface area contributed by atoms with Crippen molar-refractivity contribution in [1.29, 1.82) is 0 Å². The van der Waals surface area contributed by atoms with Crippen LogP contribution in [0.25, 0.3) is 0 Å². The summed E-state index contributed by atoms with van der Waals surface area (Å²) in [5.41, 5.74) is 0. The molecule has 114 valence electrons. The van der Waals surface area contributed by atoms with E-state index in [0.717, 1.165) is 32.1 Å². The molecule has 0 aromatic rings. The Kier molecular flexibility index (Phi) is 5.26. The number of hydrogen-bond donors (Lipinski definition) is 2. The molecule has 1 aliphatic carbocycles. The zero-order chi connectivity index (χ0) is 14.5. The molecule has 1 saturated heterocycles. The zero-order valence-corrected chi connectivity index (χ0v) is 12.3. The van der Waals surface area contributed by atoms with Crippen LogP contribution >= 0.6 is 0 Å². The molecule has 2 amide bonds. The van der Waals surface area contributed by atoms with Crippen LogP contribution in [0.1, 0.15) is 51.9 Å². The molecule has 2 aliphatic rings. The summed E-state index contributed by atoms with van der Waals surface area (Å²) in [5.74, 6) is -0.291. The molecule has 2 fully saturated rings. The molecule has 1 saturated carbocycles. The fourth-order valence-electron chi connectivity index (χ4n) is 3.68. The van der Waals surface area contributed by atoms with Gasteiger partial charge in [-0.3, -0.25) is 0 Å². The first-order chi connectivity index (χ1) is 9.65. The van der Waals surface area contributed by atoms with Crippen molar-refractivity contribution in [2.45, 2.75) is 57.9 Å². The Morgan fingerprint density at radius 2 is 2.05 bits per heavy atom. The van der Waals surface area contributed by atoms with Crippen LogP contribution < -0.4 is 5.32 Å². The first kappa shape index (κ1) is 15.1. The Bertz CT molecular complexity index is 359. The Morgan fingerprint density at radius 1 is 1.25 bits per heavy atom.